The van der Waals surface area contributed by atoms with E-state index in [1.54, 1.807) is 12.1 Å². The number of aromatic amines is 1. The summed E-state index contributed by atoms with van der Waals surface area (Å²) in [7, 11) is 0. The third kappa shape index (κ3) is 3.90. The number of benzene rings is 2. The Kier molecular flexibility index (Phi) is 5.37. The van der Waals surface area contributed by atoms with Crippen LogP contribution in [-0.2, 0) is 4.79 Å². The minimum absolute atomic E-state index is 0.0435. The molecule has 8 heteroatoms. The number of hydrogen-bond acceptors (Lipinski definition) is 5. The van der Waals surface area contributed by atoms with Gasteiger partial charge in [-0.3, -0.25) is 9.36 Å². The number of nitrogens with one attached hydrogen (secondary N) is 2. The first-order valence-corrected chi connectivity index (χ1v) is 9.69. The molecule has 4 N–H and O–H groups in total. The first kappa shape index (κ1) is 19.2. The summed E-state index contributed by atoms with van der Waals surface area (Å²) in [6.07, 6.45) is 1.39. The van der Waals surface area contributed by atoms with Gasteiger partial charge in [0.15, 0.2) is 0 Å². The fraction of sp³-hybridized carbons (Fsp3) is 0.333. The van der Waals surface area contributed by atoms with Gasteiger partial charge in [0, 0.05) is 25.7 Å². The van der Waals surface area contributed by atoms with E-state index in [1.165, 1.54) is 6.07 Å². The van der Waals surface area contributed by atoms with E-state index < -0.39 is 6.10 Å². The quantitative estimate of drug-likeness (QED) is 0.376. The number of aromatic nitrogens is 2. The van der Waals surface area contributed by atoms with Gasteiger partial charge in [0.05, 0.1) is 22.8 Å². The van der Waals surface area contributed by atoms with Crippen molar-refractivity contribution in [1.82, 2.24) is 14.5 Å². The van der Waals surface area contributed by atoms with Crippen LogP contribution in [0.2, 0.25) is 0 Å². The van der Waals surface area contributed by atoms with Gasteiger partial charge < -0.3 is 25.4 Å². The maximum atomic E-state index is 12.4. The number of nitrogens with zero attached hydrogens (tertiary/aromatic N) is 2. The predicted molar refractivity (Wildman–Crippen MR) is 110 cm³/mol. The number of hydrogen-bond donors (Lipinski definition) is 4. The van der Waals surface area contributed by atoms with Crippen LogP contribution in [0.25, 0.3) is 11.0 Å². The lowest BCUT2D eigenvalue weighted by Gasteiger charge is -2.33. The molecule has 1 atom stereocenters. The molecule has 0 aliphatic carbocycles. The molecule has 8 nitrogen and oxygen atoms in total. The number of likely N-dealkylation sites (tertiary alicyclic amines) is 1. The molecule has 1 aliphatic heterocycles. The van der Waals surface area contributed by atoms with Gasteiger partial charge in [-0.15, -0.1) is 0 Å². The average molecular weight is 396 g/mol. The number of carbonyl (C=O) groups excluding carboxylic acids is 1. The molecule has 0 bridgehead atoms. The Hall–Kier alpha value is -3.10. The molecule has 29 heavy (non-hydrogen) atoms. The van der Waals surface area contributed by atoms with Crippen molar-refractivity contribution in [3.63, 3.8) is 0 Å². The molecular formula is C21H24N4O4. The largest absolute Gasteiger partial charge is 0.506 e. The van der Waals surface area contributed by atoms with E-state index in [0.717, 1.165) is 37.0 Å². The van der Waals surface area contributed by atoms with Gasteiger partial charge in [-0.2, -0.15) is 0 Å². The van der Waals surface area contributed by atoms with Crippen molar-refractivity contribution in [2.75, 3.05) is 25.0 Å². The van der Waals surface area contributed by atoms with Crippen molar-refractivity contribution in [2.24, 2.45) is 0 Å². The van der Waals surface area contributed by atoms with Gasteiger partial charge in [0.25, 0.3) is 0 Å². The SMILES string of the molecule is O=CNc1cc(C(O)CN2CCC(n3c(=O)[nH]c4ccccc43)CC2)ccc1O. The lowest BCUT2D eigenvalue weighted by molar-refractivity contribution is -0.105. The van der Waals surface area contributed by atoms with Crippen LogP contribution in [0.5, 0.6) is 5.75 Å². The highest BCUT2D eigenvalue weighted by molar-refractivity contribution is 5.76. The Morgan fingerprint density at radius 2 is 1.97 bits per heavy atom. The molecule has 1 aliphatic rings. The van der Waals surface area contributed by atoms with Crippen molar-refractivity contribution >= 4 is 23.1 Å². The molecule has 3 aromatic rings. The van der Waals surface area contributed by atoms with E-state index >= 15 is 0 Å². The highest BCUT2D eigenvalue weighted by atomic mass is 16.3. The fourth-order valence-electron chi connectivity index (χ4n) is 4.09. The number of phenols is 1. The third-order valence-corrected chi connectivity index (χ3v) is 5.60. The van der Waals surface area contributed by atoms with Crippen molar-refractivity contribution in [2.45, 2.75) is 25.0 Å². The lowest BCUT2D eigenvalue weighted by Crippen LogP contribution is -2.39. The number of piperidine rings is 1. The zero-order valence-electron chi connectivity index (χ0n) is 15.9. The molecule has 0 saturated carbocycles. The Morgan fingerprint density at radius 3 is 2.72 bits per heavy atom. The van der Waals surface area contributed by atoms with E-state index in [2.05, 4.69) is 15.2 Å². The van der Waals surface area contributed by atoms with E-state index in [-0.39, 0.29) is 23.2 Å². The van der Waals surface area contributed by atoms with E-state index in [1.807, 2.05) is 28.8 Å². The number of aromatic hydroxyl groups is 1. The molecule has 0 spiro atoms. The molecular weight excluding hydrogens is 372 g/mol. The maximum Gasteiger partial charge on any atom is 0.326 e. The molecule has 1 fully saturated rings. The van der Waals surface area contributed by atoms with Gasteiger partial charge in [-0.1, -0.05) is 18.2 Å². The number of aliphatic hydroxyl groups excluding tert-OH is 1. The van der Waals surface area contributed by atoms with E-state index in [9.17, 15) is 19.8 Å². The Bertz CT molecular complexity index is 1070. The zero-order valence-corrected chi connectivity index (χ0v) is 15.9. The first-order valence-electron chi connectivity index (χ1n) is 9.69. The second kappa shape index (κ2) is 8.10. The number of amides is 1. The van der Waals surface area contributed by atoms with Gasteiger partial charge in [-0.25, -0.2) is 4.79 Å². The third-order valence-electron chi connectivity index (χ3n) is 5.60. The highest BCUT2D eigenvalue weighted by Crippen LogP contribution is 2.29. The molecule has 0 radical (unpaired) electrons. The fourth-order valence-corrected chi connectivity index (χ4v) is 4.09. The van der Waals surface area contributed by atoms with Crippen LogP contribution in [0.4, 0.5) is 5.69 Å². The number of phenolic OH excluding ortho intramolecular Hbond substituents is 1. The number of imidazole rings is 1. The van der Waals surface area contributed by atoms with Crippen molar-refractivity contribution in [3.05, 3.63) is 58.5 Å². The normalized spacial score (nSPS) is 16.7. The topological polar surface area (TPSA) is 111 Å². The molecule has 4 rings (SSSR count). The minimum Gasteiger partial charge on any atom is -0.506 e. The lowest BCUT2D eigenvalue weighted by atomic mass is 10.0. The summed E-state index contributed by atoms with van der Waals surface area (Å²) in [6.45, 7) is 1.98. The van der Waals surface area contributed by atoms with Crippen LogP contribution in [0.15, 0.2) is 47.3 Å². The molecule has 2 aromatic carbocycles. The smallest absolute Gasteiger partial charge is 0.326 e. The van der Waals surface area contributed by atoms with Crippen LogP contribution in [0.1, 0.15) is 30.6 Å². The monoisotopic (exact) mass is 396 g/mol. The Morgan fingerprint density at radius 1 is 1.21 bits per heavy atom. The van der Waals surface area contributed by atoms with Crippen LogP contribution in [0.3, 0.4) is 0 Å². The minimum atomic E-state index is -0.741. The van der Waals surface area contributed by atoms with Crippen molar-refractivity contribution < 1.29 is 15.0 Å². The number of para-hydroxylation sites is 2. The molecule has 1 saturated heterocycles. The standard InChI is InChI=1S/C21H24N4O4/c26-13-22-17-11-14(5-6-19(17)27)20(28)12-24-9-7-15(8-10-24)25-18-4-2-1-3-16(18)23-21(25)29/h1-6,11,13,15,20,27-28H,7-10,12H2,(H,22,26)(H,23,29). The first-order chi connectivity index (χ1) is 14.1. The molecule has 1 unspecified atom stereocenters. The van der Waals surface area contributed by atoms with Gasteiger partial charge in [0.2, 0.25) is 6.41 Å². The summed E-state index contributed by atoms with van der Waals surface area (Å²) in [4.78, 5) is 28.1. The maximum absolute atomic E-state index is 12.4. The van der Waals surface area contributed by atoms with Crippen molar-refractivity contribution in [1.29, 1.82) is 0 Å². The van der Waals surface area contributed by atoms with Gasteiger partial charge in [0.1, 0.15) is 5.75 Å². The van der Waals surface area contributed by atoms with Crippen molar-refractivity contribution in [3.8, 4) is 5.75 Å². The molecule has 152 valence electrons. The van der Waals surface area contributed by atoms with Crippen LogP contribution in [0, 0.1) is 0 Å². The Labute approximate surface area is 167 Å². The number of β-amino-alcohol motifs (C(OH)–C–C–N with tert-alkyl or cyclic N) is 1. The van der Waals surface area contributed by atoms with E-state index in [0.29, 0.717) is 18.5 Å². The Balaban J connectivity index is 1.41. The number of carbonyl (C=O) groups is 1. The van der Waals surface area contributed by atoms with E-state index in [4.69, 9.17) is 0 Å². The van der Waals surface area contributed by atoms with Crippen LogP contribution < -0.4 is 11.0 Å². The number of aliphatic hydroxyl groups is 1. The highest BCUT2D eigenvalue weighted by Gasteiger charge is 2.25. The summed E-state index contributed by atoms with van der Waals surface area (Å²) in [6, 6.07) is 12.5. The molecule has 1 aromatic heterocycles. The molecule has 1 amide bonds. The van der Waals surface area contributed by atoms with Gasteiger partial charge in [-0.05, 0) is 42.7 Å². The summed E-state index contributed by atoms with van der Waals surface area (Å²) in [5.74, 6) is -0.0435. The van der Waals surface area contributed by atoms with Gasteiger partial charge >= 0.3 is 5.69 Å². The second-order valence-electron chi connectivity index (χ2n) is 7.40. The summed E-state index contributed by atoms with van der Waals surface area (Å²) in [5, 5.41) is 22.8. The molecule has 2 heterocycles. The number of anilines is 1. The van der Waals surface area contributed by atoms with Crippen LogP contribution >= 0.6 is 0 Å². The van der Waals surface area contributed by atoms with Crippen LogP contribution in [-0.4, -0.2) is 50.7 Å². The average Bonchev–Trinajstić information content (AvgIpc) is 3.06. The summed E-state index contributed by atoms with van der Waals surface area (Å²) >= 11 is 0. The number of rotatable bonds is 6. The summed E-state index contributed by atoms with van der Waals surface area (Å²) in [5.41, 5.74) is 2.60. The second-order valence-corrected chi connectivity index (χ2v) is 7.40. The summed E-state index contributed by atoms with van der Waals surface area (Å²) < 4.78 is 1.85. The number of H-pyrrole nitrogens is 1. The predicted octanol–water partition coefficient (Wildman–Crippen LogP) is 1.97. The number of fused-ring (bicyclic) bond motifs is 1. The zero-order chi connectivity index (χ0) is 20.4.